The second-order valence-electron chi connectivity index (χ2n) is 5.52. The number of benzene rings is 1. The third-order valence-electron chi connectivity index (χ3n) is 3.72. The molecular weight excluding hydrogens is 338 g/mol. The van der Waals surface area contributed by atoms with Crippen molar-refractivity contribution in [3.05, 3.63) is 33.3 Å². The number of nitrogens with one attached hydrogen (secondary N) is 1. The highest BCUT2D eigenvalue weighted by Gasteiger charge is 2.39. The standard InChI is InChI=1S/C15H18BrNO4/c1-9-6-12(16)10(2)5-11(9)14(20)17-15(7-13(18)19)3-4-21-8-15/h5-6H,3-4,7-8H2,1-2H3,(H,17,20)(H,18,19). The molecule has 1 unspecified atom stereocenters. The van der Waals surface area contributed by atoms with Crippen molar-refractivity contribution in [1.82, 2.24) is 5.32 Å². The average molecular weight is 356 g/mol. The van der Waals surface area contributed by atoms with E-state index in [0.717, 1.165) is 15.6 Å². The van der Waals surface area contributed by atoms with Crippen LogP contribution in [0.15, 0.2) is 16.6 Å². The van der Waals surface area contributed by atoms with Gasteiger partial charge in [-0.2, -0.15) is 0 Å². The molecule has 2 N–H and O–H groups in total. The SMILES string of the molecule is Cc1cc(C(=O)NC2(CC(=O)O)CCOC2)c(C)cc1Br. The minimum absolute atomic E-state index is 0.132. The third kappa shape index (κ3) is 3.63. The smallest absolute Gasteiger partial charge is 0.305 e. The Bertz CT molecular complexity index is 579. The van der Waals surface area contributed by atoms with Gasteiger partial charge in [0, 0.05) is 16.6 Å². The molecule has 1 atom stereocenters. The Balaban J connectivity index is 2.24. The quantitative estimate of drug-likeness (QED) is 0.869. The lowest BCUT2D eigenvalue weighted by atomic mass is 9.93. The van der Waals surface area contributed by atoms with Gasteiger partial charge in [0.1, 0.15) is 0 Å². The molecule has 6 heteroatoms. The van der Waals surface area contributed by atoms with Crippen LogP contribution in [0.25, 0.3) is 0 Å². The van der Waals surface area contributed by atoms with E-state index in [9.17, 15) is 9.59 Å². The van der Waals surface area contributed by atoms with Gasteiger partial charge < -0.3 is 15.2 Å². The van der Waals surface area contributed by atoms with Gasteiger partial charge in [-0.1, -0.05) is 15.9 Å². The molecule has 1 aromatic carbocycles. The van der Waals surface area contributed by atoms with Crippen LogP contribution in [0.5, 0.6) is 0 Å². The Hall–Kier alpha value is -1.40. The lowest BCUT2D eigenvalue weighted by Gasteiger charge is -2.27. The maximum absolute atomic E-state index is 12.5. The van der Waals surface area contributed by atoms with Gasteiger partial charge in [-0.15, -0.1) is 0 Å². The number of rotatable bonds is 4. The second kappa shape index (κ2) is 6.15. The van der Waals surface area contributed by atoms with Crippen LogP contribution in [0.4, 0.5) is 0 Å². The molecule has 1 aliphatic heterocycles. The van der Waals surface area contributed by atoms with E-state index in [-0.39, 0.29) is 18.9 Å². The first-order chi connectivity index (χ1) is 9.83. The number of aryl methyl sites for hydroxylation is 2. The number of carboxylic acid groups (broad SMARTS) is 1. The van der Waals surface area contributed by atoms with Crippen LogP contribution in [0, 0.1) is 13.8 Å². The molecule has 0 aromatic heterocycles. The minimum atomic E-state index is -0.940. The Labute approximate surface area is 131 Å². The molecule has 1 aromatic rings. The molecule has 2 rings (SSSR count). The molecule has 1 fully saturated rings. The van der Waals surface area contributed by atoms with E-state index in [1.807, 2.05) is 19.9 Å². The summed E-state index contributed by atoms with van der Waals surface area (Å²) in [4.78, 5) is 23.5. The summed E-state index contributed by atoms with van der Waals surface area (Å²) in [6.07, 6.45) is 0.382. The third-order valence-corrected chi connectivity index (χ3v) is 4.58. The number of hydrogen-bond acceptors (Lipinski definition) is 3. The number of amides is 1. The van der Waals surface area contributed by atoms with Gasteiger partial charge in [-0.3, -0.25) is 9.59 Å². The largest absolute Gasteiger partial charge is 0.481 e. The van der Waals surface area contributed by atoms with E-state index in [1.165, 1.54) is 0 Å². The summed E-state index contributed by atoms with van der Waals surface area (Å²) in [5.41, 5.74) is 1.55. The van der Waals surface area contributed by atoms with Crippen molar-refractivity contribution < 1.29 is 19.4 Å². The average Bonchev–Trinajstić information content (AvgIpc) is 2.80. The van der Waals surface area contributed by atoms with Crippen molar-refractivity contribution in [1.29, 1.82) is 0 Å². The molecule has 1 heterocycles. The van der Waals surface area contributed by atoms with Crippen LogP contribution in [-0.2, 0) is 9.53 Å². The predicted molar refractivity (Wildman–Crippen MR) is 81.5 cm³/mol. The molecule has 0 aliphatic carbocycles. The van der Waals surface area contributed by atoms with Crippen LogP contribution >= 0.6 is 15.9 Å². The number of hydrogen-bond donors (Lipinski definition) is 2. The van der Waals surface area contributed by atoms with Crippen molar-refractivity contribution in [2.75, 3.05) is 13.2 Å². The molecule has 0 spiro atoms. The topological polar surface area (TPSA) is 75.6 Å². The highest BCUT2D eigenvalue weighted by Crippen LogP contribution is 2.25. The normalized spacial score (nSPS) is 21.3. The van der Waals surface area contributed by atoms with Gasteiger partial charge in [-0.25, -0.2) is 0 Å². The molecule has 114 valence electrons. The first-order valence-corrected chi connectivity index (χ1v) is 7.51. The van der Waals surface area contributed by atoms with E-state index in [4.69, 9.17) is 9.84 Å². The molecular formula is C15H18BrNO4. The minimum Gasteiger partial charge on any atom is -0.481 e. The summed E-state index contributed by atoms with van der Waals surface area (Å²) in [7, 11) is 0. The number of aliphatic carboxylic acids is 1. The highest BCUT2D eigenvalue weighted by molar-refractivity contribution is 9.10. The first-order valence-electron chi connectivity index (χ1n) is 6.72. The van der Waals surface area contributed by atoms with Crippen LogP contribution < -0.4 is 5.32 Å². The lowest BCUT2D eigenvalue weighted by Crippen LogP contribution is -2.50. The van der Waals surface area contributed by atoms with Gasteiger partial charge in [0.25, 0.3) is 5.91 Å². The summed E-state index contributed by atoms with van der Waals surface area (Å²) in [5, 5.41) is 11.9. The number of halogens is 1. The molecule has 1 aliphatic rings. The first kappa shape index (κ1) is 16.0. The highest BCUT2D eigenvalue weighted by atomic mass is 79.9. The van der Waals surface area contributed by atoms with E-state index in [2.05, 4.69) is 21.2 Å². The Morgan fingerprint density at radius 1 is 1.38 bits per heavy atom. The molecule has 0 saturated carbocycles. The maximum Gasteiger partial charge on any atom is 0.305 e. The fourth-order valence-corrected chi connectivity index (χ4v) is 2.97. The molecule has 1 saturated heterocycles. The van der Waals surface area contributed by atoms with Crippen LogP contribution in [-0.4, -0.2) is 35.7 Å². The van der Waals surface area contributed by atoms with Crippen LogP contribution in [0.1, 0.15) is 34.3 Å². The molecule has 0 radical (unpaired) electrons. The predicted octanol–water partition coefficient (Wildman–Crippen LogP) is 2.43. The number of carbonyl (C=O) groups excluding carboxylic acids is 1. The molecule has 1 amide bonds. The molecule has 21 heavy (non-hydrogen) atoms. The number of carbonyl (C=O) groups is 2. The van der Waals surface area contributed by atoms with E-state index in [0.29, 0.717) is 18.6 Å². The fraction of sp³-hybridized carbons (Fsp3) is 0.467. The zero-order valence-electron chi connectivity index (χ0n) is 12.0. The van der Waals surface area contributed by atoms with Gasteiger partial charge >= 0.3 is 5.97 Å². The monoisotopic (exact) mass is 355 g/mol. The van der Waals surface area contributed by atoms with Gasteiger partial charge in [0.05, 0.1) is 18.6 Å². The van der Waals surface area contributed by atoms with E-state index < -0.39 is 11.5 Å². The van der Waals surface area contributed by atoms with Crippen molar-refractivity contribution in [2.45, 2.75) is 32.2 Å². The number of ether oxygens (including phenoxy) is 1. The van der Waals surface area contributed by atoms with Crippen molar-refractivity contribution >= 4 is 27.8 Å². The van der Waals surface area contributed by atoms with Gasteiger partial charge in [-0.05, 0) is 43.5 Å². The fourth-order valence-electron chi connectivity index (χ4n) is 2.51. The zero-order chi connectivity index (χ0) is 15.6. The summed E-state index contributed by atoms with van der Waals surface area (Å²) >= 11 is 3.43. The summed E-state index contributed by atoms with van der Waals surface area (Å²) in [5.74, 6) is -1.20. The van der Waals surface area contributed by atoms with Crippen LogP contribution in [0.3, 0.4) is 0 Å². The molecule has 0 bridgehead atoms. The summed E-state index contributed by atoms with van der Waals surface area (Å²) < 4.78 is 6.23. The number of carboxylic acids is 1. The summed E-state index contributed by atoms with van der Waals surface area (Å²) in [6, 6.07) is 3.69. The zero-order valence-corrected chi connectivity index (χ0v) is 13.6. The van der Waals surface area contributed by atoms with Gasteiger partial charge in [0.2, 0.25) is 0 Å². The van der Waals surface area contributed by atoms with Crippen molar-refractivity contribution in [3.63, 3.8) is 0 Å². The lowest BCUT2D eigenvalue weighted by molar-refractivity contribution is -0.138. The Kier molecular flexibility index (Phi) is 4.68. The van der Waals surface area contributed by atoms with E-state index >= 15 is 0 Å². The van der Waals surface area contributed by atoms with Crippen molar-refractivity contribution in [3.8, 4) is 0 Å². The van der Waals surface area contributed by atoms with E-state index in [1.54, 1.807) is 6.07 Å². The Morgan fingerprint density at radius 2 is 2.10 bits per heavy atom. The van der Waals surface area contributed by atoms with Crippen LogP contribution in [0.2, 0.25) is 0 Å². The maximum atomic E-state index is 12.5. The van der Waals surface area contributed by atoms with Crippen molar-refractivity contribution in [2.24, 2.45) is 0 Å². The second-order valence-corrected chi connectivity index (χ2v) is 6.38. The molecule has 5 nitrogen and oxygen atoms in total. The summed E-state index contributed by atoms with van der Waals surface area (Å²) in [6.45, 7) is 4.46. The van der Waals surface area contributed by atoms with Gasteiger partial charge in [0.15, 0.2) is 0 Å². The Morgan fingerprint density at radius 3 is 2.67 bits per heavy atom.